The number of benzene rings is 2. The Morgan fingerprint density at radius 3 is 2.00 bits per heavy atom. The van der Waals surface area contributed by atoms with Crippen LogP contribution in [0.1, 0.15) is 0 Å². The summed E-state index contributed by atoms with van der Waals surface area (Å²) >= 11 is 0. The van der Waals surface area contributed by atoms with Gasteiger partial charge in [-0.25, -0.2) is 0 Å². The first-order valence-corrected chi connectivity index (χ1v) is 6.85. The molecule has 0 bridgehead atoms. The van der Waals surface area contributed by atoms with Crippen molar-refractivity contribution in [1.29, 1.82) is 0 Å². The van der Waals surface area contributed by atoms with Crippen molar-refractivity contribution in [3.63, 3.8) is 0 Å². The molecular formula is C13H7N7O6. The van der Waals surface area contributed by atoms with Crippen LogP contribution in [0, 0.1) is 30.3 Å². The predicted octanol–water partition coefficient (Wildman–Crippen LogP) is 2.05. The van der Waals surface area contributed by atoms with Gasteiger partial charge in [-0.3, -0.25) is 30.3 Å². The number of rotatable bonds is 5. The van der Waals surface area contributed by atoms with Crippen LogP contribution in [0.3, 0.4) is 0 Å². The smallest absolute Gasteiger partial charge is 0.258 e. The normalized spacial score (nSPS) is 10.5. The van der Waals surface area contributed by atoms with E-state index in [0.29, 0.717) is 5.56 Å². The average Bonchev–Trinajstić information content (AvgIpc) is 3.10. The molecule has 1 heterocycles. The molecule has 1 aromatic heterocycles. The number of non-ortho nitro benzene ring substituents is 2. The molecule has 130 valence electrons. The third-order valence-corrected chi connectivity index (χ3v) is 3.40. The highest BCUT2D eigenvalue weighted by atomic mass is 16.6. The Bertz CT molecular complexity index is 1030. The number of tetrazole rings is 1. The Kier molecular flexibility index (Phi) is 4.02. The highest BCUT2D eigenvalue weighted by Gasteiger charge is 2.24. The van der Waals surface area contributed by atoms with Crippen LogP contribution < -0.4 is 0 Å². The van der Waals surface area contributed by atoms with Gasteiger partial charge in [0.05, 0.1) is 20.8 Å². The molecule has 0 radical (unpaired) electrons. The largest absolute Gasteiger partial charge is 0.301 e. The molecule has 3 aromatic rings. The molecule has 0 aliphatic heterocycles. The van der Waals surface area contributed by atoms with Crippen LogP contribution in [-0.4, -0.2) is 35.0 Å². The van der Waals surface area contributed by atoms with Crippen LogP contribution in [0.25, 0.3) is 17.1 Å². The number of nitro benzene ring substituents is 3. The second-order valence-electron chi connectivity index (χ2n) is 4.91. The van der Waals surface area contributed by atoms with Crippen molar-refractivity contribution in [2.45, 2.75) is 0 Å². The van der Waals surface area contributed by atoms with Crippen molar-refractivity contribution in [1.82, 2.24) is 20.2 Å². The van der Waals surface area contributed by atoms with Crippen LogP contribution in [-0.2, 0) is 0 Å². The second kappa shape index (κ2) is 6.31. The van der Waals surface area contributed by atoms with Gasteiger partial charge in [-0.15, -0.1) is 5.10 Å². The van der Waals surface area contributed by atoms with E-state index in [1.165, 1.54) is 24.3 Å². The molecule has 13 heteroatoms. The fourth-order valence-electron chi connectivity index (χ4n) is 2.21. The van der Waals surface area contributed by atoms with Gasteiger partial charge in [0.25, 0.3) is 11.4 Å². The molecule has 0 saturated heterocycles. The maximum Gasteiger partial charge on any atom is 0.301 e. The van der Waals surface area contributed by atoms with Gasteiger partial charge in [0.2, 0.25) is 0 Å². The number of hydrogen-bond donors (Lipinski definition) is 0. The molecule has 2 aromatic carbocycles. The van der Waals surface area contributed by atoms with Gasteiger partial charge in [-0.2, -0.15) is 4.68 Å². The summed E-state index contributed by atoms with van der Waals surface area (Å²) in [7, 11) is 0. The van der Waals surface area contributed by atoms with Gasteiger partial charge < -0.3 is 0 Å². The van der Waals surface area contributed by atoms with Gasteiger partial charge in [0, 0.05) is 23.8 Å². The number of aromatic nitrogens is 4. The van der Waals surface area contributed by atoms with E-state index in [4.69, 9.17) is 0 Å². The first-order chi connectivity index (χ1) is 12.4. The summed E-state index contributed by atoms with van der Waals surface area (Å²) in [4.78, 5) is 30.7. The van der Waals surface area contributed by atoms with Crippen molar-refractivity contribution in [3.8, 4) is 17.1 Å². The van der Waals surface area contributed by atoms with E-state index in [1.807, 2.05) is 0 Å². The number of nitro groups is 3. The summed E-state index contributed by atoms with van der Waals surface area (Å²) in [5, 5.41) is 43.8. The van der Waals surface area contributed by atoms with Crippen LogP contribution in [0.2, 0.25) is 0 Å². The van der Waals surface area contributed by atoms with Gasteiger partial charge in [-0.05, 0) is 28.6 Å². The molecule has 13 nitrogen and oxygen atoms in total. The summed E-state index contributed by atoms with van der Waals surface area (Å²) in [5.74, 6) is 0.0804. The lowest BCUT2D eigenvalue weighted by Crippen LogP contribution is -2.05. The maximum atomic E-state index is 11.3. The van der Waals surface area contributed by atoms with Crippen molar-refractivity contribution in [2.24, 2.45) is 0 Å². The van der Waals surface area contributed by atoms with E-state index in [1.54, 1.807) is 0 Å². The zero-order chi connectivity index (χ0) is 18.8. The molecule has 3 rings (SSSR count). The van der Waals surface area contributed by atoms with E-state index in [0.717, 1.165) is 22.9 Å². The SMILES string of the molecule is O=[N+]([O-])c1ccc(-c2nnnn2-c2ccc([N+](=O)[O-])cc2[N+](=O)[O-])cc1. The monoisotopic (exact) mass is 357 g/mol. The fraction of sp³-hybridized carbons (Fsp3) is 0. The van der Waals surface area contributed by atoms with Crippen LogP contribution >= 0.6 is 0 Å². The van der Waals surface area contributed by atoms with E-state index >= 15 is 0 Å². The highest BCUT2D eigenvalue weighted by molar-refractivity contribution is 5.64. The summed E-state index contributed by atoms with van der Waals surface area (Å²) in [6.07, 6.45) is 0. The van der Waals surface area contributed by atoms with E-state index in [-0.39, 0.29) is 17.2 Å². The van der Waals surface area contributed by atoms with Crippen LogP contribution in [0.5, 0.6) is 0 Å². The molecule has 26 heavy (non-hydrogen) atoms. The topological polar surface area (TPSA) is 173 Å². The summed E-state index contributed by atoms with van der Waals surface area (Å²) in [5.41, 5.74) is -0.874. The molecular weight excluding hydrogens is 350 g/mol. The Morgan fingerprint density at radius 1 is 0.808 bits per heavy atom. The zero-order valence-corrected chi connectivity index (χ0v) is 12.6. The van der Waals surface area contributed by atoms with Gasteiger partial charge in [0.15, 0.2) is 5.82 Å². The summed E-state index contributed by atoms with van der Waals surface area (Å²) in [6.45, 7) is 0. The molecule has 0 aliphatic carbocycles. The zero-order valence-electron chi connectivity index (χ0n) is 12.6. The lowest BCUT2D eigenvalue weighted by atomic mass is 10.2. The number of nitrogens with zero attached hydrogens (tertiary/aromatic N) is 7. The van der Waals surface area contributed by atoms with Crippen molar-refractivity contribution >= 4 is 17.1 Å². The molecule has 0 unspecified atom stereocenters. The molecule has 0 saturated carbocycles. The van der Waals surface area contributed by atoms with E-state index in [9.17, 15) is 30.3 Å². The Labute approximate surface area is 142 Å². The quantitative estimate of drug-likeness (QED) is 0.489. The van der Waals surface area contributed by atoms with Crippen molar-refractivity contribution < 1.29 is 14.8 Å². The molecule has 0 fully saturated rings. The fourth-order valence-corrected chi connectivity index (χ4v) is 2.21. The minimum absolute atomic E-state index is 0.0804. The average molecular weight is 357 g/mol. The predicted molar refractivity (Wildman–Crippen MR) is 84.6 cm³/mol. The molecule has 0 atom stereocenters. The van der Waals surface area contributed by atoms with Crippen LogP contribution in [0.15, 0.2) is 42.5 Å². The van der Waals surface area contributed by atoms with E-state index < -0.39 is 26.1 Å². The van der Waals surface area contributed by atoms with Crippen LogP contribution in [0.4, 0.5) is 17.1 Å². The molecule has 0 N–H and O–H groups in total. The standard InChI is InChI=1S/C13H7N7O6/c21-18(22)9-3-1-8(2-4-9)13-14-15-16-17(13)11-6-5-10(19(23)24)7-12(11)20(25)26/h1-7H. The summed E-state index contributed by atoms with van der Waals surface area (Å²) < 4.78 is 1.03. The molecule has 0 spiro atoms. The molecule has 0 aliphatic rings. The van der Waals surface area contributed by atoms with E-state index in [2.05, 4.69) is 15.5 Å². The van der Waals surface area contributed by atoms with Crippen molar-refractivity contribution in [2.75, 3.05) is 0 Å². The molecule has 0 amide bonds. The minimum atomic E-state index is -0.788. The lowest BCUT2D eigenvalue weighted by Gasteiger charge is -2.05. The number of hydrogen-bond acceptors (Lipinski definition) is 9. The Hall–Kier alpha value is -4.29. The maximum absolute atomic E-state index is 11.3. The van der Waals surface area contributed by atoms with Gasteiger partial charge >= 0.3 is 5.69 Å². The van der Waals surface area contributed by atoms with Gasteiger partial charge in [-0.1, -0.05) is 0 Å². The van der Waals surface area contributed by atoms with Gasteiger partial charge in [0.1, 0.15) is 5.69 Å². The van der Waals surface area contributed by atoms with Crippen molar-refractivity contribution in [3.05, 3.63) is 72.8 Å². The third kappa shape index (κ3) is 2.91. The first kappa shape index (κ1) is 16.6. The highest BCUT2D eigenvalue weighted by Crippen LogP contribution is 2.30. The lowest BCUT2D eigenvalue weighted by molar-refractivity contribution is -0.394. The summed E-state index contributed by atoms with van der Waals surface area (Å²) in [6, 6.07) is 8.29. The Balaban J connectivity index is 2.12. The second-order valence-corrected chi connectivity index (χ2v) is 4.91. The Morgan fingerprint density at radius 2 is 1.42 bits per heavy atom. The third-order valence-electron chi connectivity index (χ3n) is 3.40. The first-order valence-electron chi connectivity index (χ1n) is 6.85. The minimum Gasteiger partial charge on any atom is -0.258 e.